The minimum Gasteiger partial charge on any atom is -0.353 e. The molecule has 8 nitrogen and oxygen atoms in total. The summed E-state index contributed by atoms with van der Waals surface area (Å²) in [5, 5.41) is 3.73. The molecule has 10 heteroatoms. The number of rotatable bonds is 7. The van der Waals surface area contributed by atoms with Crippen molar-refractivity contribution in [2.75, 3.05) is 42.1 Å². The van der Waals surface area contributed by atoms with Crippen LogP contribution in [0.1, 0.15) is 64.2 Å². The van der Waals surface area contributed by atoms with Gasteiger partial charge in [0.1, 0.15) is 5.82 Å². The SMILES string of the molecule is O=C(CSc1cnc(NC(=O)N(C2CCCCC2)C2CCCCC2)s1)N1CCN(c2ccccn2)CC1. The van der Waals surface area contributed by atoms with E-state index in [1.807, 2.05) is 23.1 Å². The van der Waals surface area contributed by atoms with Gasteiger partial charge in [0.05, 0.1) is 16.2 Å². The molecule has 0 bridgehead atoms. The first-order valence-corrected chi connectivity index (χ1v) is 15.6. The monoisotopic (exact) mass is 542 g/mol. The number of piperazine rings is 1. The molecule has 3 heterocycles. The molecule has 2 saturated carbocycles. The fraction of sp³-hybridized carbons (Fsp3) is 0.630. The summed E-state index contributed by atoms with van der Waals surface area (Å²) in [7, 11) is 0. The molecule has 5 rings (SSSR count). The summed E-state index contributed by atoms with van der Waals surface area (Å²) < 4.78 is 0.956. The predicted molar refractivity (Wildman–Crippen MR) is 150 cm³/mol. The number of nitrogens with zero attached hydrogens (tertiary/aromatic N) is 5. The summed E-state index contributed by atoms with van der Waals surface area (Å²) >= 11 is 2.97. The summed E-state index contributed by atoms with van der Waals surface area (Å²) in [5.74, 6) is 1.49. The molecule has 1 saturated heterocycles. The van der Waals surface area contributed by atoms with Gasteiger partial charge in [-0.15, -0.1) is 11.8 Å². The summed E-state index contributed by atoms with van der Waals surface area (Å²) in [6.07, 6.45) is 15.4. The average Bonchev–Trinajstić information content (AvgIpc) is 3.40. The Morgan fingerprint density at radius 1 is 0.946 bits per heavy atom. The van der Waals surface area contributed by atoms with Crippen molar-refractivity contribution in [3.05, 3.63) is 30.6 Å². The lowest BCUT2D eigenvalue weighted by Gasteiger charge is -2.41. The Labute approximate surface area is 228 Å². The van der Waals surface area contributed by atoms with Crippen molar-refractivity contribution in [3.63, 3.8) is 0 Å². The van der Waals surface area contributed by atoms with E-state index in [1.54, 1.807) is 12.4 Å². The van der Waals surface area contributed by atoms with Crippen molar-refractivity contribution < 1.29 is 9.59 Å². The molecular formula is C27H38N6O2S2. The molecule has 0 radical (unpaired) electrons. The van der Waals surface area contributed by atoms with Gasteiger partial charge in [0, 0.05) is 44.5 Å². The van der Waals surface area contributed by atoms with E-state index < -0.39 is 0 Å². The number of nitrogens with one attached hydrogen (secondary N) is 1. The van der Waals surface area contributed by atoms with Crippen LogP contribution in [0.4, 0.5) is 15.7 Å². The average molecular weight is 543 g/mol. The lowest BCUT2D eigenvalue weighted by molar-refractivity contribution is -0.128. The summed E-state index contributed by atoms with van der Waals surface area (Å²) in [6.45, 7) is 3.00. The molecule has 37 heavy (non-hydrogen) atoms. The Morgan fingerprint density at radius 3 is 2.24 bits per heavy atom. The minimum atomic E-state index is 0.00607. The van der Waals surface area contributed by atoms with E-state index >= 15 is 0 Å². The fourth-order valence-corrected chi connectivity index (χ4v) is 7.60. The number of anilines is 2. The van der Waals surface area contributed by atoms with Gasteiger partial charge in [-0.2, -0.15) is 0 Å². The van der Waals surface area contributed by atoms with Gasteiger partial charge in [-0.05, 0) is 37.8 Å². The second-order valence-electron chi connectivity index (χ2n) is 10.2. The molecule has 200 valence electrons. The number of carbonyl (C=O) groups excluding carboxylic acids is 2. The second-order valence-corrected chi connectivity index (χ2v) is 12.6. The van der Waals surface area contributed by atoms with Gasteiger partial charge in [-0.25, -0.2) is 14.8 Å². The number of carbonyl (C=O) groups is 2. The summed E-state index contributed by atoms with van der Waals surface area (Å²) in [5.41, 5.74) is 0. The van der Waals surface area contributed by atoms with Gasteiger partial charge < -0.3 is 14.7 Å². The van der Waals surface area contributed by atoms with E-state index in [9.17, 15) is 9.59 Å². The van der Waals surface area contributed by atoms with E-state index in [-0.39, 0.29) is 11.9 Å². The van der Waals surface area contributed by atoms with Crippen LogP contribution >= 0.6 is 23.1 Å². The second kappa shape index (κ2) is 13.0. The van der Waals surface area contributed by atoms with Gasteiger partial charge in [0.15, 0.2) is 5.13 Å². The van der Waals surface area contributed by atoms with E-state index in [4.69, 9.17) is 0 Å². The number of amides is 3. The van der Waals surface area contributed by atoms with Gasteiger partial charge >= 0.3 is 6.03 Å². The van der Waals surface area contributed by atoms with Gasteiger partial charge in [0.2, 0.25) is 5.91 Å². The highest BCUT2D eigenvalue weighted by Crippen LogP contribution is 2.32. The van der Waals surface area contributed by atoms with Crippen molar-refractivity contribution >= 4 is 46.0 Å². The van der Waals surface area contributed by atoms with Crippen LogP contribution in [0.5, 0.6) is 0 Å². The van der Waals surface area contributed by atoms with Crippen LogP contribution in [0.3, 0.4) is 0 Å². The zero-order chi connectivity index (χ0) is 25.5. The van der Waals surface area contributed by atoms with Crippen molar-refractivity contribution in [1.82, 2.24) is 19.8 Å². The number of aromatic nitrogens is 2. The van der Waals surface area contributed by atoms with E-state index in [2.05, 4.69) is 25.1 Å². The number of pyridine rings is 1. The zero-order valence-electron chi connectivity index (χ0n) is 21.5. The van der Waals surface area contributed by atoms with Crippen LogP contribution in [0.2, 0.25) is 0 Å². The van der Waals surface area contributed by atoms with Crippen molar-refractivity contribution in [1.29, 1.82) is 0 Å². The maximum absolute atomic E-state index is 13.4. The van der Waals surface area contributed by atoms with Crippen LogP contribution in [-0.2, 0) is 4.79 Å². The van der Waals surface area contributed by atoms with Gasteiger partial charge in [0.25, 0.3) is 0 Å². The van der Waals surface area contributed by atoms with E-state index in [0.717, 1.165) is 48.8 Å². The van der Waals surface area contributed by atoms with E-state index in [1.165, 1.54) is 61.6 Å². The number of thioether (sulfide) groups is 1. The number of hydrogen-bond donors (Lipinski definition) is 1. The molecule has 1 aliphatic heterocycles. The Hall–Kier alpha value is -2.33. The van der Waals surface area contributed by atoms with E-state index in [0.29, 0.717) is 36.1 Å². The quantitative estimate of drug-likeness (QED) is 0.467. The number of urea groups is 1. The molecule has 3 amide bonds. The van der Waals surface area contributed by atoms with Crippen LogP contribution < -0.4 is 10.2 Å². The molecule has 0 unspecified atom stereocenters. The Bertz CT molecular complexity index is 997. The topological polar surface area (TPSA) is 81.7 Å². The Kier molecular flexibility index (Phi) is 9.20. The lowest BCUT2D eigenvalue weighted by atomic mass is 9.89. The maximum Gasteiger partial charge on any atom is 0.324 e. The number of hydrogen-bond acceptors (Lipinski definition) is 7. The molecule has 2 aromatic rings. The molecule has 2 aliphatic carbocycles. The molecule has 2 aromatic heterocycles. The largest absolute Gasteiger partial charge is 0.353 e. The van der Waals surface area contributed by atoms with Crippen LogP contribution in [0, 0.1) is 0 Å². The van der Waals surface area contributed by atoms with Crippen molar-refractivity contribution in [2.45, 2.75) is 80.5 Å². The van der Waals surface area contributed by atoms with Crippen LogP contribution in [-0.4, -0.2) is 75.7 Å². The van der Waals surface area contributed by atoms with Gasteiger partial charge in [-0.1, -0.05) is 55.9 Å². The highest BCUT2D eigenvalue weighted by Gasteiger charge is 2.33. The van der Waals surface area contributed by atoms with Crippen molar-refractivity contribution in [2.24, 2.45) is 0 Å². The molecule has 1 N–H and O–H groups in total. The molecule has 3 fully saturated rings. The maximum atomic E-state index is 13.4. The fourth-order valence-electron chi connectivity index (χ4n) is 5.84. The summed E-state index contributed by atoms with van der Waals surface area (Å²) in [4.78, 5) is 41.4. The Balaban J connectivity index is 1.11. The number of thiazole rings is 1. The molecule has 3 aliphatic rings. The normalized spacial score (nSPS) is 19.6. The standard InChI is InChI=1S/C27H38N6O2S2/c34-24(32-17-15-31(16-18-32)23-13-7-8-14-28-23)20-36-25-19-29-26(37-25)30-27(35)33(21-9-3-1-4-10-21)22-11-5-2-6-12-22/h7-8,13-14,19,21-22H,1-6,9-12,15-18,20H2,(H,29,30,35). The third kappa shape index (κ3) is 6.96. The molecule has 0 spiro atoms. The lowest BCUT2D eigenvalue weighted by Crippen LogP contribution is -2.50. The Morgan fingerprint density at radius 2 is 1.62 bits per heavy atom. The highest BCUT2D eigenvalue weighted by atomic mass is 32.2. The summed E-state index contributed by atoms with van der Waals surface area (Å²) in [6, 6.07) is 6.62. The molecular weight excluding hydrogens is 504 g/mol. The van der Waals surface area contributed by atoms with Crippen LogP contribution in [0.25, 0.3) is 0 Å². The van der Waals surface area contributed by atoms with Gasteiger partial charge in [-0.3, -0.25) is 10.1 Å². The highest BCUT2D eigenvalue weighted by molar-refractivity contribution is 8.01. The first-order chi connectivity index (χ1) is 18.2. The minimum absolute atomic E-state index is 0.00607. The third-order valence-corrected chi connectivity index (χ3v) is 9.90. The zero-order valence-corrected chi connectivity index (χ0v) is 23.2. The molecule has 0 aromatic carbocycles. The first-order valence-electron chi connectivity index (χ1n) is 13.8. The van der Waals surface area contributed by atoms with Crippen LogP contribution in [0.15, 0.2) is 34.8 Å². The predicted octanol–water partition coefficient (Wildman–Crippen LogP) is 5.48. The smallest absolute Gasteiger partial charge is 0.324 e. The third-order valence-electron chi connectivity index (χ3n) is 7.81. The first kappa shape index (κ1) is 26.3. The van der Waals surface area contributed by atoms with Crippen molar-refractivity contribution in [3.8, 4) is 0 Å². The molecule has 0 atom stereocenters.